The largest absolute Gasteiger partial charge is 0.447 e. The molecule has 4 nitrogen and oxygen atoms in total. The molecule has 0 aromatic heterocycles. The van der Waals surface area contributed by atoms with E-state index in [0.717, 1.165) is 0 Å². The van der Waals surface area contributed by atoms with Gasteiger partial charge in [0.1, 0.15) is 0 Å². The number of carbonyl (C=O) groups excluding carboxylic acids is 1. The summed E-state index contributed by atoms with van der Waals surface area (Å²) in [4.78, 5) is 12.9. The van der Waals surface area contributed by atoms with E-state index >= 15 is 0 Å². The standard InChI is InChI=1S/C8H15NO3S/c1-7(2)12-8(10)9-3-5-13(11)6-4-9/h7H,3-6H2,1-2H3. The molecular weight excluding hydrogens is 190 g/mol. The van der Waals surface area contributed by atoms with Crippen LogP contribution in [-0.4, -0.2) is 45.9 Å². The Morgan fingerprint density at radius 1 is 1.38 bits per heavy atom. The van der Waals surface area contributed by atoms with Crippen molar-refractivity contribution in [3.8, 4) is 0 Å². The highest BCUT2D eigenvalue weighted by Gasteiger charge is 2.21. The van der Waals surface area contributed by atoms with Crippen LogP contribution >= 0.6 is 0 Å². The maximum Gasteiger partial charge on any atom is 0.410 e. The van der Waals surface area contributed by atoms with Crippen LogP contribution in [0.1, 0.15) is 13.8 Å². The highest BCUT2D eigenvalue weighted by molar-refractivity contribution is 7.85. The van der Waals surface area contributed by atoms with E-state index in [9.17, 15) is 9.00 Å². The summed E-state index contributed by atoms with van der Waals surface area (Å²) in [6, 6.07) is 0. The Kier molecular flexibility index (Phi) is 3.71. The first-order chi connectivity index (χ1) is 6.09. The van der Waals surface area contributed by atoms with Gasteiger partial charge in [-0.3, -0.25) is 4.21 Å². The van der Waals surface area contributed by atoms with Crippen molar-refractivity contribution in [2.75, 3.05) is 24.6 Å². The summed E-state index contributed by atoms with van der Waals surface area (Å²) in [6.07, 6.45) is -0.369. The van der Waals surface area contributed by atoms with Gasteiger partial charge in [-0.25, -0.2) is 4.79 Å². The highest BCUT2D eigenvalue weighted by atomic mass is 32.2. The van der Waals surface area contributed by atoms with Gasteiger partial charge in [0.15, 0.2) is 0 Å². The molecule has 1 aliphatic rings. The summed E-state index contributed by atoms with van der Waals surface area (Å²) in [7, 11) is -0.740. The van der Waals surface area contributed by atoms with Crippen LogP contribution < -0.4 is 0 Å². The summed E-state index contributed by atoms with van der Waals surface area (Å²) in [5.41, 5.74) is 0. The molecule has 0 saturated carbocycles. The van der Waals surface area contributed by atoms with Gasteiger partial charge in [-0.05, 0) is 13.8 Å². The molecule has 0 aromatic rings. The van der Waals surface area contributed by atoms with Crippen molar-refractivity contribution in [2.45, 2.75) is 20.0 Å². The van der Waals surface area contributed by atoms with E-state index in [1.165, 1.54) is 0 Å². The van der Waals surface area contributed by atoms with Gasteiger partial charge in [-0.2, -0.15) is 0 Å². The van der Waals surface area contributed by atoms with Gasteiger partial charge >= 0.3 is 6.09 Å². The number of carbonyl (C=O) groups is 1. The number of ether oxygens (including phenoxy) is 1. The van der Waals surface area contributed by atoms with Crippen LogP contribution in [0.5, 0.6) is 0 Å². The minimum Gasteiger partial charge on any atom is -0.447 e. The minimum atomic E-state index is -0.740. The Labute approximate surface area is 80.7 Å². The van der Waals surface area contributed by atoms with E-state index in [4.69, 9.17) is 4.74 Å². The lowest BCUT2D eigenvalue weighted by molar-refractivity contribution is 0.0796. The van der Waals surface area contributed by atoms with Crippen LogP contribution in [0.2, 0.25) is 0 Å². The molecule has 0 aliphatic carbocycles. The molecule has 1 aliphatic heterocycles. The van der Waals surface area contributed by atoms with Gasteiger partial charge in [0.2, 0.25) is 0 Å². The fourth-order valence-corrected chi connectivity index (χ4v) is 2.15. The zero-order valence-electron chi connectivity index (χ0n) is 7.99. The van der Waals surface area contributed by atoms with Gasteiger partial charge in [-0.15, -0.1) is 0 Å². The zero-order valence-corrected chi connectivity index (χ0v) is 8.80. The predicted molar refractivity (Wildman–Crippen MR) is 51.1 cm³/mol. The van der Waals surface area contributed by atoms with Crippen LogP contribution in [0.15, 0.2) is 0 Å². The smallest absolute Gasteiger partial charge is 0.410 e. The Balaban J connectivity index is 2.35. The van der Waals surface area contributed by atoms with Crippen LogP contribution in [0.3, 0.4) is 0 Å². The van der Waals surface area contributed by atoms with E-state index < -0.39 is 10.8 Å². The lowest BCUT2D eigenvalue weighted by Crippen LogP contribution is -2.42. The van der Waals surface area contributed by atoms with Gasteiger partial charge in [-0.1, -0.05) is 0 Å². The van der Waals surface area contributed by atoms with Crippen molar-refractivity contribution in [3.05, 3.63) is 0 Å². The number of hydrogen-bond donors (Lipinski definition) is 0. The van der Waals surface area contributed by atoms with Crippen LogP contribution in [-0.2, 0) is 15.5 Å². The third-order valence-corrected chi connectivity index (χ3v) is 3.05. The van der Waals surface area contributed by atoms with Crippen molar-refractivity contribution in [3.63, 3.8) is 0 Å². The minimum absolute atomic E-state index is 0.0834. The van der Waals surface area contributed by atoms with Crippen molar-refractivity contribution in [2.24, 2.45) is 0 Å². The average molecular weight is 205 g/mol. The Morgan fingerprint density at radius 2 is 1.92 bits per heavy atom. The predicted octanol–water partition coefficient (Wildman–Crippen LogP) is 0.596. The van der Waals surface area contributed by atoms with Gasteiger partial charge < -0.3 is 9.64 Å². The molecule has 0 N–H and O–H groups in total. The highest BCUT2D eigenvalue weighted by Crippen LogP contribution is 2.03. The Hall–Kier alpha value is -0.580. The first-order valence-corrected chi connectivity index (χ1v) is 5.89. The normalized spacial score (nSPS) is 19.2. The summed E-state index contributed by atoms with van der Waals surface area (Å²) < 4.78 is 16.0. The molecule has 0 aromatic carbocycles. The summed E-state index contributed by atoms with van der Waals surface area (Å²) in [5, 5.41) is 0. The van der Waals surface area contributed by atoms with E-state index in [1.807, 2.05) is 13.8 Å². The lowest BCUT2D eigenvalue weighted by Gasteiger charge is -2.26. The van der Waals surface area contributed by atoms with Gasteiger partial charge in [0, 0.05) is 35.4 Å². The van der Waals surface area contributed by atoms with Crippen LogP contribution in [0.25, 0.3) is 0 Å². The molecule has 5 heteroatoms. The molecule has 0 bridgehead atoms. The Bertz CT molecular complexity index is 207. The molecular formula is C8H15NO3S. The maximum atomic E-state index is 11.3. The molecule has 1 fully saturated rings. The van der Waals surface area contributed by atoms with E-state index in [-0.39, 0.29) is 12.2 Å². The molecule has 1 heterocycles. The topological polar surface area (TPSA) is 46.6 Å². The number of amides is 1. The molecule has 1 saturated heterocycles. The SMILES string of the molecule is CC(C)OC(=O)N1CCS(=O)CC1. The first kappa shape index (κ1) is 10.5. The fourth-order valence-electron chi connectivity index (χ4n) is 1.10. The van der Waals surface area contributed by atoms with Crippen molar-refractivity contribution < 1.29 is 13.7 Å². The second-order valence-electron chi connectivity index (χ2n) is 3.27. The van der Waals surface area contributed by atoms with Crippen molar-refractivity contribution in [1.82, 2.24) is 4.90 Å². The van der Waals surface area contributed by atoms with Crippen molar-refractivity contribution >= 4 is 16.9 Å². The number of nitrogens with zero attached hydrogens (tertiary/aromatic N) is 1. The molecule has 1 amide bonds. The fraction of sp³-hybridized carbons (Fsp3) is 0.875. The van der Waals surface area contributed by atoms with Gasteiger partial charge in [0.25, 0.3) is 0 Å². The van der Waals surface area contributed by atoms with E-state index in [0.29, 0.717) is 24.6 Å². The molecule has 76 valence electrons. The Morgan fingerprint density at radius 3 is 2.38 bits per heavy atom. The lowest BCUT2D eigenvalue weighted by atomic mass is 10.5. The van der Waals surface area contributed by atoms with E-state index in [1.54, 1.807) is 4.90 Å². The maximum absolute atomic E-state index is 11.3. The van der Waals surface area contributed by atoms with Crippen molar-refractivity contribution in [1.29, 1.82) is 0 Å². The third-order valence-electron chi connectivity index (χ3n) is 1.77. The molecule has 0 spiro atoms. The second kappa shape index (κ2) is 4.60. The second-order valence-corrected chi connectivity index (χ2v) is 4.96. The summed E-state index contributed by atoms with van der Waals surface area (Å²) in [5.74, 6) is 1.15. The molecule has 13 heavy (non-hydrogen) atoms. The van der Waals surface area contributed by atoms with Gasteiger partial charge in [0.05, 0.1) is 6.10 Å². The summed E-state index contributed by atoms with van der Waals surface area (Å²) in [6.45, 7) is 4.75. The monoisotopic (exact) mass is 205 g/mol. The molecule has 0 radical (unpaired) electrons. The first-order valence-electron chi connectivity index (χ1n) is 4.40. The zero-order chi connectivity index (χ0) is 9.84. The third kappa shape index (κ3) is 3.34. The average Bonchev–Trinajstić information content (AvgIpc) is 2.04. The van der Waals surface area contributed by atoms with E-state index in [2.05, 4.69) is 0 Å². The molecule has 0 unspecified atom stereocenters. The molecule has 1 rings (SSSR count). The molecule has 0 atom stereocenters. The number of hydrogen-bond acceptors (Lipinski definition) is 3. The van der Waals surface area contributed by atoms with Crippen LogP contribution in [0, 0.1) is 0 Å². The quantitative estimate of drug-likeness (QED) is 0.629. The summed E-state index contributed by atoms with van der Waals surface area (Å²) >= 11 is 0. The number of rotatable bonds is 1. The van der Waals surface area contributed by atoms with Crippen LogP contribution in [0.4, 0.5) is 4.79 Å².